The summed E-state index contributed by atoms with van der Waals surface area (Å²) in [4.78, 5) is 19.1. The molecule has 1 N–H and O–H groups in total. The van der Waals surface area contributed by atoms with Gasteiger partial charge in [-0.15, -0.1) is 0 Å². The minimum Gasteiger partial charge on any atom is -0.465 e. The number of nitriles is 1. The Kier molecular flexibility index (Phi) is 4.13. The van der Waals surface area contributed by atoms with Gasteiger partial charge in [0.1, 0.15) is 11.9 Å². The number of ether oxygens (including phenoxy) is 1. The summed E-state index contributed by atoms with van der Waals surface area (Å²) in [5, 5.41) is 9.45. The molecule has 0 aliphatic heterocycles. The van der Waals surface area contributed by atoms with E-state index in [4.69, 9.17) is 0 Å². The number of rotatable bonds is 3. The molecule has 0 unspecified atom stereocenters. The van der Waals surface area contributed by atoms with Gasteiger partial charge in [-0.1, -0.05) is 18.2 Å². The highest BCUT2D eigenvalue weighted by Crippen LogP contribution is 2.20. The van der Waals surface area contributed by atoms with Crippen LogP contribution >= 0.6 is 0 Å². The number of aryl methyl sites for hydroxylation is 1. The third kappa shape index (κ3) is 3.03. The Balaban J connectivity index is 1.96. The number of carbonyl (C=O) groups is 1. The molecule has 0 amide bonds. The maximum atomic E-state index is 11.4. The van der Waals surface area contributed by atoms with Crippen molar-refractivity contribution in [1.82, 2.24) is 9.97 Å². The molecular weight excluding hydrogens is 302 g/mol. The van der Waals surface area contributed by atoms with E-state index in [-0.39, 0.29) is 0 Å². The number of fused-ring (bicyclic) bond motifs is 1. The van der Waals surface area contributed by atoms with Crippen molar-refractivity contribution < 1.29 is 9.53 Å². The zero-order valence-electron chi connectivity index (χ0n) is 13.3. The van der Waals surface area contributed by atoms with E-state index in [0.717, 1.165) is 22.2 Å². The number of hydrogen-bond donors (Lipinski definition) is 1. The SMILES string of the molecule is COC(=O)c1ccc(C=C(C#N)c2nc3ccc(C)cc3[nH]2)cc1. The molecular formula is C19H15N3O2. The fourth-order valence-electron chi connectivity index (χ4n) is 2.40. The molecule has 1 aromatic heterocycles. The van der Waals surface area contributed by atoms with Crippen LogP contribution < -0.4 is 0 Å². The van der Waals surface area contributed by atoms with Crippen molar-refractivity contribution >= 4 is 28.7 Å². The molecule has 3 aromatic rings. The summed E-state index contributed by atoms with van der Waals surface area (Å²) < 4.78 is 4.67. The van der Waals surface area contributed by atoms with Crippen molar-refractivity contribution in [3.63, 3.8) is 0 Å². The number of esters is 1. The molecule has 0 atom stereocenters. The van der Waals surface area contributed by atoms with Crippen LogP contribution in [0, 0.1) is 18.3 Å². The van der Waals surface area contributed by atoms with E-state index in [1.165, 1.54) is 7.11 Å². The third-order valence-electron chi connectivity index (χ3n) is 3.66. The quantitative estimate of drug-likeness (QED) is 0.590. The highest BCUT2D eigenvalue weighted by Gasteiger charge is 2.09. The van der Waals surface area contributed by atoms with Crippen LogP contribution in [-0.4, -0.2) is 23.0 Å². The summed E-state index contributed by atoms with van der Waals surface area (Å²) in [7, 11) is 1.34. The maximum Gasteiger partial charge on any atom is 0.337 e. The molecule has 5 nitrogen and oxygen atoms in total. The Bertz CT molecular complexity index is 976. The lowest BCUT2D eigenvalue weighted by Crippen LogP contribution is -2.00. The maximum absolute atomic E-state index is 11.4. The Hall–Kier alpha value is -3.39. The minimum absolute atomic E-state index is 0.390. The van der Waals surface area contributed by atoms with Gasteiger partial charge in [0.25, 0.3) is 0 Å². The number of H-pyrrole nitrogens is 1. The first kappa shape index (κ1) is 15.5. The number of hydrogen-bond acceptors (Lipinski definition) is 4. The number of imidazole rings is 1. The van der Waals surface area contributed by atoms with Crippen molar-refractivity contribution in [3.8, 4) is 6.07 Å². The monoisotopic (exact) mass is 317 g/mol. The summed E-state index contributed by atoms with van der Waals surface area (Å²) in [6.07, 6.45) is 1.73. The average molecular weight is 317 g/mol. The van der Waals surface area contributed by atoms with E-state index in [2.05, 4.69) is 20.8 Å². The number of allylic oxidation sites excluding steroid dienone is 1. The van der Waals surface area contributed by atoms with Gasteiger partial charge in [0.2, 0.25) is 0 Å². The first-order chi connectivity index (χ1) is 11.6. The number of carbonyl (C=O) groups excluding carboxylic acids is 1. The lowest BCUT2D eigenvalue weighted by molar-refractivity contribution is 0.0600. The molecule has 0 aliphatic carbocycles. The van der Waals surface area contributed by atoms with E-state index < -0.39 is 5.97 Å². The summed E-state index contributed by atoms with van der Waals surface area (Å²) in [5.41, 5.74) is 4.53. The van der Waals surface area contributed by atoms with Crippen molar-refractivity contribution in [2.24, 2.45) is 0 Å². The van der Waals surface area contributed by atoms with Crippen LogP contribution in [0.5, 0.6) is 0 Å². The number of nitrogens with one attached hydrogen (secondary N) is 1. The predicted molar refractivity (Wildman–Crippen MR) is 92.1 cm³/mol. The van der Waals surface area contributed by atoms with Crippen LogP contribution in [-0.2, 0) is 4.74 Å². The van der Waals surface area contributed by atoms with Gasteiger partial charge in [0, 0.05) is 0 Å². The standard InChI is InChI=1S/C19H15N3O2/c1-12-3-8-16-17(9-12)22-18(21-16)15(11-20)10-13-4-6-14(7-5-13)19(23)24-2/h3-10H,1-2H3,(H,21,22). The predicted octanol–water partition coefficient (Wildman–Crippen LogP) is 3.72. The van der Waals surface area contributed by atoms with Gasteiger partial charge in [0.05, 0.1) is 29.3 Å². The lowest BCUT2D eigenvalue weighted by atomic mass is 10.1. The number of methoxy groups -OCH3 is 1. The Morgan fingerprint density at radius 2 is 2.00 bits per heavy atom. The second kappa shape index (κ2) is 6.39. The number of aromatic nitrogens is 2. The van der Waals surface area contributed by atoms with E-state index in [1.54, 1.807) is 30.3 Å². The van der Waals surface area contributed by atoms with Gasteiger partial charge in [0.15, 0.2) is 0 Å². The van der Waals surface area contributed by atoms with Crippen LogP contribution in [0.4, 0.5) is 0 Å². The molecule has 24 heavy (non-hydrogen) atoms. The van der Waals surface area contributed by atoms with Crippen LogP contribution in [0.25, 0.3) is 22.7 Å². The van der Waals surface area contributed by atoms with Crippen LogP contribution in [0.1, 0.15) is 27.3 Å². The molecule has 0 aliphatic rings. The Morgan fingerprint density at radius 3 is 2.67 bits per heavy atom. The molecule has 0 saturated carbocycles. The highest BCUT2D eigenvalue weighted by atomic mass is 16.5. The average Bonchev–Trinajstić information content (AvgIpc) is 3.02. The Morgan fingerprint density at radius 1 is 1.25 bits per heavy atom. The smallest absolute Gasteiger partial charge is 0.337 e. The van der Waals surface area contributed by atoms with Gasteiger partial charge in [-0.2, -0.15) is 5.26 Å². The first-order valence-corrected chi connectivity index (χ1v) is 7.37. The molecule has 0 saturated heterocycles. The van der Waals surface area contributed by atoms with Crippen molar-refractivity contribution in [2.45, 2.75) is 6.92 Å². The van der Waals surface area contributed by atoms with Gasteiger partial charge >= 0.3 is 5.97 Å². The second-order valence-electron chi connectivity index (χ2n) is 5.39. The molecule has 0 fully saturated rings. The van der Waals surface area contributed by atoms with Gasteiger partial charge < -0.3 is 9.72 Å². The molecule has 5 heteroatoms. The lowest BCUT2D eigenvalue weighted by Gasteiger charge is -2.00. The van der Waals surface area contributed by atoms with E-state index in [9.17, 15) is 10.1 Å². The topological polar surface area (TPSA) is 78.8 Å². The molecule has 118 valence electrons. The van der Waals surface area contributed by atoms with Gasteiger partial charge in [-0.05, 0) is 48.4 Å². The normalized spacial score (nSPS) is 11.3. The number of benzene rings is 2. The summed E-state index contributed by atoms with van der Waals surface area (Å²) in [6.45, 7) is 2.00. The van der Waals surface area contributed by atoms with Crippen molar-refractivity contribution in [1.29, 1.82) is 5.26 Å². The molecule has 0 spiro atoms. The summed E-state index contributed by atoms with van der Waals surface area (Å²) in [5.74, 6) is 0.133. The van der Waals surface area contributed by atoms with Crippen LogP contribution in [0.15, 0.2) is 42.5 Å². The zero-order chi connectivity index (χ0) is 17.1. The molecule has 3 rings (SSSR count). The summed E-state index contributed by atoms with van der Waals surface area (Å²) in [6, 6.07) is 14.9. The fraction of sp³-hybridized carbons (Fsp3) is 0.105. The van der Waals surface area contributed by atoms with Gasteiger partial charge in [-0.25, -0.2) is 9.78 Å². The summed E-state index contributed by atoms with van der Waals surface area (Å²) >= 11 is 0. The highest BCUT2D eigenvalue weighted by molar-refractivity contribution is 5.92. The fourth-order valence-corrected chi connectivity index (χ4v) is 2.40. The third-order valence-corrected chi connectivity index (χ3v) is 3.66. The molecule has 1 heterocycles. The van der Waals surface area contributed by atoms with Crippen molar-refractivity contribution in [2.75, 3.05) is 7.11 Å². The van der Waals surface area contributed by atoms with E-state index >= 15 is 0 Å². The van der Waals surface area contributed by atoms with E-state index in [0.29, 0.717) is 17.0 Å². The second-order valence-corrected chi connectivity index (χ2v) is 5.39. The number of aromatic amines is 1. The molecule has 0 radical (unpaired) electrons. The number of nitrogens with zero attached hydrogens (tertiary/aromatic N) is 2. The van der Waals surface area contributed by atoms with Crippen molar-refractivity contribution in [3.05, 3.63) is 65.0 Å². The zero-order valence-corrected chi connectivity index (χ0v) is 13.3. The Labute approximate surface area is 139 Å². The van der Waals surface area contributed by atoms with Crippen LogP contribution in [0.2, 0.25) is 0 Å². The molecule has 2 aromatic carbocycles. The van der Waals surface area contributed by atoms with Gasteiger partial charge in [-0.3, -0.25) is 0 Å². The van der Waals surface area contributed by atoms with E-state index in [1.807, 2.05) is 25.1 Å². The molecule has 0 bridgehead atoms. The first-order valence-electron chi connectivity index (χ1n) is 7.37. The minimum atomic E-state index is -0.390. The largest absolute Gasteiger partial charge is 0.465 e. The van der Waals surface area contributed by atoms with Crippen LogP contribution in [0.3, 0.4) is 0 Å².